The zero-order valence-corrected chi connectivity index (χ0v) is 5.64. The highest BCUT2D eigenvalue weighted by atomic mass is 16.5. The summed E-state index contributed by atoms with van der Waals surface area (Å²) in [6.45, 7) is 2.50. The van der Waals surface area contributed by atoms with Crippen molar-refractivity contribution in [1.29, 1.82) is 0 Å². The molecule has 0 aliphatic heterocycles. The Morgan fingerprint density at radius 3 is 3.00 bits per heavy atom. The third kappa shape index (κ3) is 1.54. The van der Waals surface area contributed by atoms with E-state index in [0.29, 0.717) is 6.61 Å². The van der Waals surface area contributed by atoms with Gasteiger partial charge in [0.05, 0.1) is 5.69 Å². The predicted molar refractivity (Wildman–Crippen MR) is 34.0 cm³/mol. The molecule has 0 saturated carbocycles. The molecule has 50 valence electrons. The van der Waals surface area contributed by atoms with Crippen molar-refractivity contribution in [2.45, 2.75) is 13.5 Å². The molecule has 3 heteroatoms. The van der Waals surface area contributed by atoms with Crippen molar-refractivity contribution in [3.63, 3.8) is 0 Å². The van der Waals surface area contributed by atoms with Gasteiger partial charge in [-0.1, -0.05) is 0 Å². The Morgan fingerprint density at radius 2 is 2.56 bits per heavy atom. The van der Waals surface area contributed by atoms with Gasteiger partial charge in [-0.3, -0.25) is 0 Å². The molecule has 9 heavy (non-hydrogen) atoms. The van der Waals surface area contributed by atoms with Gasteiger partial charge < -0.3 is 9.72 Å². The topological polar surface area (TPSA) is 37.9 Å². The van der Waals surface area contributed by atoms with Crippen LogP contribution in [-0.2, 0) is 11.3 Å². The van der Waals surface area contributed by atoms with Crippen molar-refractivity contribution in [3.8, 4) is 0 Å². The molecule has 0 atom stereocenters. The van der Waals surface area contributed by atoms with Crippen molar-refractivity contribution >= 4 is 0 Å². The maximum absolute atomic E-state index is 4.85. The highest BCUT2D eigenvalue weighted by Crippen LogP contribution is 1.94. The van der Waals surface area contributed by atoms with E-state index >= 15 is 0 Å². The summed E-state index contributed by atoms with van der Waals surface area (Å²) in [6, 6.07) is 0. The summed E-state index contributed by atoms with van der Waals surface area (Å²) in [6.07, 6.45) is 1.86. The van der Waals surface area contributed by atoms with Gasteiger partial charge in [0.15, 0.2) is 0 Å². The first kappa shape index (κ1) is 6.29. The minimum absolute atomic E-state index is 0.563. The first-order valence-corrected chi connectivity index (χ1v) is 2.83. The van der Waals surface area contributed by atoms with Crippen LogP contribution in [0.25, 0.3) is 0 Å². The van der Waals surface area contributed by atoms with E-state index in [4.69, 9.17) is 4.74 Å². The van der Waals surface area contributed by atoms with Gasteiger partial charge in [-0.25, -0.2) is 4.98 Å². The second kappa shape index (κ2) is 2.64. The predicted octanol–water partition coefficient (Wildman–Crippen LogP) is 0.865. The number of aromatic nitrogens is 2. The summed E-state index contributed by atoms with van der Waals surface area (Å²) in [7, 11) is 1.65. The molecule has 1 N–H and O–H groups in total. The van der Waals surface area contributed by atoms with E-state index in [9.17, 15) is 0 Å². The highest BCUT2D eigenvalue weighted by molar-refractivity contribution is 4.96. The van der Waals surface area contributed by atoms with Crippen LogP contribution in [0, 0.1) is 6.92 Å². The maximum atomic E-state index is 4.85. The van der Waals surface area contributed by atoms with E-state index in [-0.39, 0.29) is 0 Å². The fourth-order valence-corrected chi connectivity index (χ4v) is 0.676. The lowest BCUT2D eigenvalue weighted by atomic mass is 10.6. The summed E-state index contributed by atoms with van der Waals surface area (Å²) >= 11 is 0. The van der Waals surface area contributed by atoms with Crippen LogP contribution in [0.5, 0.6) is 0 Å². The van der Waals surface area contributed by atoms with Gasteiger partial charge in [0.25, 0.3) is 0 Å². The average molecular weight is 126 g/mol. The molecule has 0 aliphatic carbocycles. The molecule has 0 spiro atoms. The number of aryl methyl sites for hydroxylation is 1. The summed E-state index contributed by atoms with van der Waals surface area (Å²) < 4.78 is 4.85. The number of aromatic amines is 1. The molecule has 0 unspecified atom stereocenters. The van der Waals surface area contributed by atoms with Crippen molar-refractivity contribution in [2.24, 2.45) is 0 Å². The van der Waals surface area contributed by atoms with Crippen LogP contribution < -0.4 is 0 Å². The van der Waals surface area contributed by atoms with E-state index < -0.39 is 0 Å². The van der Waals surface area contributed by atoms with Crippen LogP contribution in [0.15, 0.2) is 6.20 Å². The third-order valence-corrected chi connectivity index (χ3v) is 1.04. The maximum Gasteiger partial charge on any atom is 0.132 e. The molecule has 0 saturated heterocycles. The number of nitrogens with zero attached hydrogens (tertiary/aromatic N) is 1. The number of methoxy groups -OCH3 is 1. The van der Waals surface area contributed by atoms with E-state index in [0.717, 1.165) is 11.5 Å². The molecule has 3 nitrogen and oxygen atoms in total. The lowest BCUT2D eigenvalue weighted by Gasteiger charge is -1.89. The number of imidazole rings is 1. The summed E-state index contributed by atoms with van der Waals surface area (Å²) in [5.41, 5.74) is 1.00. The van der Waals surface area contributed by atoms with Gasteiger partial charge in [-0.05, 0) is 6.92 Å². The normalized spacial score (nSPS) is 10.0. The Kier molecular flexibility index (Phi) is 1.85. The summed E-state index contributed by atoms with van der Waals surface area (Å²) in [5, 5.41) is 0. The Morgan fingerprint density at radius 1 is 1.78 bits per heavy atom. The van der Waals surface area contributed by atoms with Crippen LogP contribution >= 0.6 is 0 Å². The van der Waals surface area contributed by atoms with Crippen LogP contribution in [0.1, 0.15) is 11.5 Å². The van der Waals surface area contributed by atoms with Gasteiger partial charge in [0.1, 0.15) is 12.4 Å². The fraction of sp³-hybridized carbons (Fsp3) is 0.500. The molecule has 0 aliphatic rings. The Balaban J connectivity index is 2.61. The Bertz CT molecular complexity index is 183. The molecule has 0 radical (unpaired) electrons. The van der Waals surface area contributed by atoms with E-state index in [1.807, 2.05) is 13.1 Å². The monoisotopic (exact) mass is 126 g/mol. The van der Waals surface area contributed by atoms with Gasteiger partial charge in [-0.15, -0.1) is 0 Å². The minimum Gasteiger partial charge on any atom is -0.377 e. The van der Waals surface area contributed by atoms with Gasteiger partial charge in [0.2, 0.25) is 0 Å². The van der Waals surface area contributed by atoms with Crippen molar-refractivity contribution in [2.75, 3.05) is 7.11 Å². The quantitative estimate of drug-likeness (QED) is 0.638. The number of ether oxygens (including phenoxy) is 1. The fourth-order valence-electron chi connectivity index (χ4n) is 0.676. The summed E-state index contributed by atoms with van der Waals surface area (Å²) in [5.74, 6) is 0.884. The van der Waals surface area contributed by atoms with E-state index in [1.165, 1.54) is 0 Å². The SMILES string of the molecule is COCc1nc(C)c[nH]1. The number of hydrogen-bond donors (Lipinski definition) is 1. The first-order chi connectivity index (χ1) is 4.33. The largest absolute Gasteiger partial charge is 0.377 e. The first-order valence-electron chi connectivity index (χ1n) is 2.83. The van der Waals surface area contributed by atoms with E-state index in [1.54, 1.807) is 7.11 Å². The number of rotatable bonds is 2. The van der Waals surface area contributed by atoms with Crippen LogP contribution in [-0.4, -0.2) is 17.1 Å². The molecule has 1 aromatic heterocycles. The average Bonchev–Trinajstić information content (AvgIpc) is 2.17. The molecule has 1 rings (SSSR count). The lowest BCUT2D eigenvalue weighted by Crippen LogP contribution is -1.88. The van der Waals surface area contributed by atoms with Crippen LogP contribution in [0.2, 0.25) is 0 Å². The molecular formula is C6H10N2O. The van der Waals surface area contributed by atoms with Gasteiger partial charge >= 0.3 is 0 Å². The number of nitrogens with one attached hydrogen (secondary N) is 1. The third-order valence-electron chi connectivity index (χ3n) is 1.04. The van der Waals surface area contributed by atoms with Crippen molar-refractivity contribution in [1.82, 2.24) is 9.97 Å². The van der Waals surface area contributed by atoms with Crippen molar-refractivity contribution < 1.29 is 4.74 Å². The highest BCUT2D eigenvalue weighted by Gasteiger charge is 1.93. The van der Waals surface area contributed by atoms with Crippen LogP contribution in [0.4, 0.5) is 0 Å². The van der Waals surface area contributed by atoms with E-state index in [2.05, 4.69) is 9.97 Å². The van der Waals surface area contributed by atoms with Gasteiger partial charge in [-0.2, -0.15) is 0 Å². The summed E-state index contributed by atoms with van der Waals surface area (Å²) in [4.78, 5) is 7.09. The molecule has 0 amide bonds. The van der Waals surface area contributed by atoms with Gasteiger partial charge in [0, 0.05) is 13.3 Å². The molecular weight excluding hydrogens is 116 g/mol. The zero-order chi connectivity index (χ0) is 6.69. The molecule has 1 heterocycles. The lowest BCUT2D eigenvalue weighted by molar-refractivity contribution is 0.178. The number of hydrogen-bond acceptors (Lipinski definition) is 2. The van der Waals surface area contributed by atoms with Crippen molar-refractivity contribution in [3.05, 3.63) is 17.7 Å². The number of H-pyrrole nitrogens is 1. The standard InChI is InChI=1S/C6H10N2O/c1-5-3-7-6(8-5)4-9-2/h3H,4H2,1-2H3,(H,7,8). The Hall–Kier alpha value is -0.830. The van der Waals surface area contributed by atoms with Crippen LogP contribution in [0.3, 0.4) is 0 Å². The molecule has 1 aromatic rings. The minimum atomic E-state index is 0.563. The molecule has 0 fully saturated rings. The smallest absolute Gasteiger partial charge is 0.132 e. The second-order valence-corrected chi connectivity index (χ2v) is 1.92. The molecule has 0 aromatic carbocycles. The second-order valence-electron chi connectivity index (χ2n) is 1.92. The zero-order valence-electron chi connectivity index (χ0n) is 5.64. The Labute approximate surface area is 54.1 Å². The molecule has 0 bridgehead atoms.